The number of fused-ring (bicyclic) bond motifs is 2. The second-order valence-corrected chi connectivity index (χ2v) is 9.15. The third-order valence-electron chi connectivity index (χ3n) is 6.99. The van der Waals surface area contributed by atoms with Gasteiger partial charge in [0.1, 0.15) is 18.5 Å². The van der Waals surface area contributed by atoms with Gasteiger partial charge in [-0.2, -0.15) is 0 Å². The smallest absolute Gasteiger partial charge is 0.254 e. The number of benzene rings is 3. The molecule has 38 heavy (non-hydrogen) atoms. The first-order valence-corrected chi connectivity index (χ1v) is 12.3. The van der Waals surface area contributed by atoms with Gasteiger partial charge in [-0.15, -0.1) is 0 Å². The van der Waals surface area contributed by atoms with Crippen LogP contribution in [0.3, 0.4) is 0 Å². The van der Waals surface area contributed by atoms with Crippen molar-refractivity contribution in [2.75, 3.05) is 41.5 Å². The standard InChI is InChI=1S/C29H30N2O7/c1-31-27(17-9-11-18(34-2)12-10-17)26(20-13-24(35-3)25(36-4)14-21(20)29(31)33)28(32)30-15-19-16-37-22-7-5-6-8-23(22)38-19/h5-14,19,26-27H,15-16H2,1-4H3,(H,30,32). The van der Waals surface area contributed by atoms with Crippen molar-refractivity contribution in [3.8, 4) is 28.7 Å². The third-order valence-corrected chi connectivity index (χ3v) is 6.99. The van der Waals surface area contributed by atoms with Crippen molar-refractivity contribution in [3.05, 3.63) is 77.4 Å². The summed E-state index contributed by atoms with van der Waals surface area (Å²) in [6.07, 6.45) is -0.360. The summed E-state index contributed by atoms with van der Waals surface area (Å²) < 4.78 is 28.1. The average Bonchev–Trinajstić information content (AvgIpc) is 2.96. The molecule has 3 unspecified atom stereocenters. The maximum atomic E-state index is 13.9. The van der Waals surface area contributed by atoms with E-state index in [1.807, 2.05) is 48.5 Å². The molecule has 2 aliphatic heterocycles. The number of carbonyl (C=O) groups is 2. The van der Waals surface area contributed by atoms with E-state index in [-0.39, 0.29) is 24.5 Å². The number of nitrogens with one attached hydrogen (secondary N) is 1. The monoisotopic (exact) mass is 518 g/mol. The van der Waals surface area contributed by atoms with Gasteiger partial charge in [0.15, 0.2) is 23.0 Å². The van der Waals surface area contributed by atoms with Crippen LogP contribution in [0.25, 0.3) is 0 Å². The maximum absolute atomic E-state index is 13.9. The van der Waals surface area contributed by atoms with Gasteiger partial charge in [0, 0.05) is 12.6 Å². The number of nitrogens with zero attached hydrogens (tertiary/aromatic N) is 1. The first-order valence-electron chi connectivity index (χ1n) is 12.3. The molecule has 3 aromatic carbocycles. The van der Waals surface area contributed by atoms with Crippen molar-refractivity contribution in [3.63, 3.8) is 0 Å². The zero-order chi connectivity index (χ0) is 26.8. The molecule has 0 spiro atoms. The van der Waals surface area contributed by atoms with Crippen molar-refractivity contribution < 1.29 is 33.3 Å². The van der Waals surface area contributed by atoms with Crippen LogP contribution in [0.5, 0.6) is 28.7 Å². The van der Waals surface area contributed by atoms with Gasteiger partial charge in [-0.05, 0) is 47.5 Å². The van der Waals surface area contributed by atoms with Crippen molar-refractivity contribution >= 4 is 11.8 Å². The number of hydrogen-bond donors (Lipinski definition) is 1. The summed E-state index contributed by atoms with van der Waals surface area (Å²) in [5.74, 6) is 1.67. The van der Waals surface area contributed by atoms with Crippen molar-refractivity contribution in [2.24, 2.45) is 0 Å². The molecule has 9 nitrogen and oxygen atoms in total. The van der Waals surface area contributed by atoms with E-state index >= 15 is 0 Å². The van der Waals surface area contributed by atoms with Crippen LogP contribution in [-0.2, 0) is 4.79 Å². The largest absolute Gasteiger partial charge is 0.497 e. The minimum atomic E-state index is -0.724. The van der Waals surface area contributed by atoms with Gasteiger partial charge in [0.25, 0.3) is 5.91 Å². The van der Waals surface area contributed by atoms with E-state index in [4.69, 9.17) is 23.7 Å². The fourth-order valence-electron chi connectivity index (χ4n) is 5.04. The highest BCUT2D eigenvalue weighted by Crippen LogP contribution is 2.45. The lowest BCUT2D eigenvalue weighted by Gasteiger charge is -2.40. The molecule has 1 N–H and O–H groups in total. The van der Waals surface area contributed by atoms with Crippen LogP contribution in [0.2, 0.25) is 0 Å². The van der Waals surface area contributed by atoms with E-state index < -0.39 is 12.0 Å². The summed E-state index contributed by atoms with van der Waals surface area (Å²) in [5.41, 5.74) is 1.75. The van der Waals surface area contributed by atoms with Gasteiger partial charge in [-0.3, -0.25) is 9.59 Å². The molecule has 0 aromatic heterocycles. The number of carbonyl (C=O) groups excluding carboxylic acids is 2. The Kier molecular flexibility index (Phi) is 7.00. The minimum Gasteiger partial charge on any atom is -0.497 e. The highest BCUT2D eigenvalue weighted by atomic mass is 16.6. The van der Waals surface area contributed by atoms with Gasteiger partial charge >= 0.3 is 0 Å². The molecule has 0 fully saturated rings. The molecule has 2 heterocycles. The summed E-state index contributed by atoms with van der Waals surface area (Å²) in [6.45, 7) is 0.545. The predicted molar refractivity (Wildman–Crippen MR) is 139 cm³/mol. The molecule has 0 bridgehead atoms. The fourth-order valence-corrected chi connectivity index (χ4v) is 5.04. The first kappa shape index (κ1) is 25.3. The number of likely N-dealkylation sites (N-methyl/N-ethyl adjacent to an activating group) is 1. The van der Waals surface area contributed by atoms with Crippen molar-refractivity contribution in [1.82, 2.24) is 10.2 Å². The van der Waals surface area contributed by atoms with Crippen LogP contribution in [0, 0.1) is 0 Å². The molecule has 2 aliphatic rings. The van der Waals surface area contributed by atoms with E-state index in [1.54, 1.807) is 31.2 Å². The van der Waals surface area contributed by atoms with Crippen LogP contribution in [0.15, 0.2) is 60.7 Å². The Morgan fingerprint density at radius 2 is 1.66 bits per heavy atom. The Balaban J connectivity index is 1.49. The Hall–Kier alpha value is -4.40. The van der Waals surface area contributed by atoms with Gasteiger partial charge < -0.3 is 33.9 Å². The Morgan fingerprint density at radius 3 is 2.34 bits per heavy atom. The Bertz CT molecular complexity index is 1340. The van der Waals surface area contributed by atoms with E-state index in [0.29, 0.717) is 46.5 Å². The number of para-hydroxylation sites is 2. The number of amides is 2. The summed E-state index contributed by atoms with van der Waals surface area (Å²) in [4.78, 5) is 29.0. The number of hydrogen-bond acceptors (Lipinski definition) is 7. The second kappa shape index (κ2) is 10.5. The molecule has 5 rings (SSSR count). The number of ether oxygens (including phenoxy) is 5. The summed E-state index contributed by atoms with van der Waals surface area (Å²) in [5, 5.41) is 3.04. The van der Waals surface area contributed by atoms with Crippen LogP contribution >= 0.6 is 0 Å². The molecule has 0 radical (unpaired) electrons. The molecule has 2 amide bonds. The topological polar surface area (TPSA) is 95.6 Å². The molecule has 0 saturated carbocycles. The van der Waals surface area contributed by atoms with E-state index in [0.717, 1.165) is 5.56 Å². The van der Waals surface area contributed by atoms with Crippen LogP contribution in [-0.4, -0.2) is 64.3 Å². The molecule has 9 heteroatoms. The summed E-state index contributed by atoms with van der Waals surface area (Å²) >= 11 is 0. The quantitative estimate of drug-likeness (QED) is 0.511. The zero-order valence-electron chi connectivity index (χ0n) is 21.7. The Labute approximate surface area is 221 Å². The predicted octanol–water partition coefficient (Wildman–Crippen LogP) is 3.58. The van der Waals surface area contributed by atoms with Gasteiger partial charge in [-0.25, -0.2) is 0 Å². The molecular weight excluding hydrogens is 488 g/mol. The normalized spacial score (nSPS) is 19.8. The first-order chi connectivity index (χ1) is 18.4. The molecule has 3 aromatic rings. The molecular formula is C29H30N2O7. The van der Waals surface area contributed by atoms with Crippen molar-refractivity contribution in [1.29, 1.82) is 0 Å². The third kappa shape index (κ3) is 4.55. The second-order valence-electron chi connectivity index (χ2n) is 9.15. The molecule has 0 saturated heterocycles. The zero-order valence-corrected chi connectivity index (χ0v) is 21.7. The molecule has 3 atom stereocenters. The van der Waals surface area contributed by atoms with Crippen LogP contribution in [0.1, 0.15) is 33.4 Å². The van der Waals surface area contributed by atoms with Gasteiger partial charge in [0.2, 0.25) is 5.91 Å². The van der Waals surface area contributed by atoms with Crippen LogP contribution in [0.4, 0.5) is 0 Å². The average molecular weight is 519 g/mol. The fraction of sp³-hybridized carbons (Fsp3) is 0.310. The van der Waals surface area contributed by atoms with Crippen LogP contribution < -0.4 is 29.0 Å². The lowest BCUT2D eigenvalue weighted by molar-refractivity contribution is -0.124. The maximum Gasteiger partial charge on any atom is 0.254 e. The Morgan fingerprint density at radius 1 is 0.974 bits per heavy atom. The lowest BCUT2D eigenvalue weighted by atomic mass is 9.79. The summed E-state index contributed by atoms with van der Waals surface area (Å²) in [7, 11) is 6.32. The highest BCUT2D eigenvalue weighted by molar-refractivity contribution is 6.02. The van der Waals surface area contributed by atoms with Gasteiger partial charge in [0.05, 0.1) is 39.8 Å². The summed E-state index contributed by atoms with van der Waals surface area (Å²) in [6, 6.07) is 17.6. The molecule has 0 aliphatic carbocycles. The molecule has 198 valence electrons. The van der Waals surface area contributed by atoms with Crippen molar-refractivity contribution in [2.45, 2.75) is 18.1 Å². The number of methoxy groups -OCH3 is 3. The highest BCUT2D eigenvalue weighted by Gasteiger charge is 2.43. The SMILES string of the molecule is COc1ccc(C2C(C(=O)NCC3COc4ccccc4O3)c3cc(OC)c(OC)cc3C(=O)N2C)cc1. The van der Waals surface area contributed by atoms with Gasteiger partial charge in [-0.1, -0.05) is 24.3 Å². The lowest BCUT2D eigenvalue weighted by Crippen LogP contribution is -2.48. The van der Waals surface area contributed by atoms with E-state index in [1.165, 1.54) is 14.2 Å². The minimum absolute atomic E-state index is 0.216. The number of rotatable bonds is 7. The van der Waals surface area contributed by atoms with E-state index in [2.05, 4.69) is 5.32 Å². The van der Waals surface area contributed by atoms with E-state index in [9.17, 15) is 9.59 Å².